The maximum atomic E-state index is 12.1. The third-order valence-electron chi connectivity index (χ3n) is 4.48. The first-order chi connectivity index (χ1) is 14.1. The van der Waals surface area contributed by atoms with Gasteiger partial charge in [0.2, 0.25) is 11.8 Å². The first-order valence-electron chi connectivity index (χ1n) is 9.15. The summed E-state index contributed by atoms with van der Waals surface area (Å²) in [5, 5.41) is 14.1. The second-order valence-corrected chi connectivity index (χ2v) is 6.52. The second-order valence-electron chi connectivity index (χ2n) is 6.52. The minimum Gasteiger partial charge on any atom is -0.421 e. The van der Waals surface area contributed by atoms with E-state index >= 15 is 0 Å². The average Bonchev–Trinajstić information content (AvgIpc) is 3.35. The molecule has 2 heterocycles. The van der Waals surface area contributed by atoms with Crippen LogP contribution < -0.4 is 10.6 Å². The van der Waals surface area contributed by atoms with Crippen molar-refractivity contribution in [3.05, 3.63) is 66.2 Å². The Balaban J connectivity index is 1.29. The average molecular weight is 389 g/mol. The maximum absolute atomic E-state index is 12.1. The van der Waals surface area contributed by atoms with Crippen LogP contribution in [0, 0.1) is 6.92 Å². The number of para-hydroxylation sites is 1. The largest absolute Gasteiger partial charge is 0.421 e. The highest BCUT2D eigenvalue weighted by molar-refractivity contribution is 6.39. The molecule has 29 heavy (non-hydrogen) atoms. The number of hydrogen-bond donors (Lipinski definition) is 3. The first kappa shape index (κ1) is 18.4. The molecule has 0 unspecified atom stereocenters. The summed E-state index contributed by atoms with van der Waals surface area (Å²) >= 11 is 0. The molecule has 0 spiro atoms. The summed E-state index contributed by atoms with van der Waals surface area (Å²) in [7, 11) is 0. The zero-order chi connectivity index (χ0) is 20.2. The number of aryl methyl sites for hydroxylation is 1. The van der Waals surface area contributed by atoms with E-state index in [1.54, 1.807) is 31.2 Å². The lowest BCUT2D eigenvalue weighted by Gasteiger charge is -2.07. The third-order valence-corrected chi connectivity index (χ3v) is 4.48. The number of H-pyrrole nitrogens is 1. The van der Waals surface area contributed by atoms with Crippen LogP contribution in [-0.2, 0) is 16.0 Å². The number of fused-ring (bicyclic) bond motifs is 1. The summed E-state index contributed by atoms with van der Waals surface area (Å²) < 4.78 is 5.35. The summed E-state index contributed by atoms with van der Waals surface area (Å²) in [4.78, 5) is 27.4. The van der Waals surface area contributed by atoms with Gasteiger partial charge in [-0.3, -0.25) is 9.59 Å². The maximum Gasteiger partial charge on any atom is 0.313 e. The molecule has 0 atom stereocenters. The molecule has 0 saturated carbocycles. The predicted molar refractivity (Wildman–Crippen MR) is 108 cm³/mol. The van der Waals surface area contributed by atoms with Gasteiger partial charge in [0.15, 0.2) is 0 Å². The molecule has 0 aliphatic carbocycles. The minimum atomic E-state index is -0.717. The van der Waals surface area contributed by atoms with Crippen molar-refractivity contribution >= 4 is 28.4 Å². The molecule has 146 valence electrons. The molecule has 0 bridgehead atoms. The number of carbonyl (C=O) groups excluding carboxylic acids is 2. The van der Waals surface area contributed by atoms with E-state index in [0.29, 0.717) is 30.4 Å². The standard InChI is InChI=1S/C21H19N5O3/c1-13-25-26-21(29-13)14-6-8-16(9-7-14)24-20(28)19(27)22-11-10-15-12-23-18-5-3-2-4-17(15)18/h2-9,12,23H,10-11H2,1H3,(H,22,27)(H,24,28). The van der Waals surface area contributed by atoms with E-state index in [1.165, 1.54) is 0 Å². The van der Waals surface area contributed by atoms with Gasteiger partial charge in [-0.05, 0) is 42.3 Å². The zero-order valence-electron chi connectivity index (χ0n) is 15.7. The van der Waals surface area contributed by atoms with E-state index in [2.05, 4.69) is 25.8 Å². The van der Waals surface area contributed by atoms with Gasteiger partial charge in [-0.1, -0.05) is 18.2 Å². The zero-order valence-corrected chi connectivity index (χ0v) is 15.7. The molecule has 2 amide bonds. The number of aromatic nitrogens is 3. The van der Waals surface area contributed by atoms with Crippen molar-refractivity contribution in [3.63, 3.8) is 0 Å². The number of amides is 2. The van der Waals surface area contributed by atoms with Crippen LogP contribution >= 0.6 is 0 Å². The predicted octanol–water partition coefficient (Wildman–Crippen LogP) is 2.82. The fourth-order valence-corrected chi connectivity index (χ4v) is 3.03. The van der Waals surface area contributed by atoms with Crippen molar-refractivity contribution in [2.75, 3.05) is 11.9 Å². The number of benzene rings is 2. The van der Waals surface area contributed by atoms with Crippen LogP contribution in [0.2, 0.25) is 0 Å². The van der Waals surface area contributed by atoms with Gasteiger partial charge >= 0.3 is 11.8 Å². The molecular formula is C21H19N5O3. The third kappa shape index (κ3) is 4.16. The Bertz CT molecular complexity index is 1160. The van der Waals surface area contributed by atoms with Gasteiger partial charge in [0, 0.05) is 41.8 Å². The van der Waals surface area contributed by atoms with Crippen LogP contribution in [0.4, 0.5) is 5.69 Å². The van der Waals surface area contributed by atoms with Crippen LogP contribution in [0.25, 0.3) is 22.4 Å². The van der Waals surface area contributed by atoms with Crippen molar-refractivity contribution in [1.29, 1.82) is 0 Å². The van der Waals surface area contributed by atoms with Gasteiger partial charge in [0.25, 0.3) is 0 Å². The Kier molecular flexibility index (Phi) is 5.07. The van der Waals surface area contributed by atoms with Gasteiger partial charge in [0.05, 0.1) is 0 Å². The Morgan fingerprint density at radius 2 is 1.83 bits per heavy atom. The number of hydrogen-bond acceptors (Lipinski definition) is 5. The Hall–Kier alpha value is -3.94. The minimum absolute atomic E-state index is 0.365. The van der Waals surface area contributed by atoms with Crippen molar-refractivity contribution < 1.29 is 14.0 Å². The van der Waals surface area contributed by atoms with Crippen molar-refractivity contribution in [3.8, 4) is 11.5 Å². The lowest BCUT2D eigenvalue weighted by Crippen LogP contribution is -2.36. The Labute approximate surface area is 166 Å². The Morgan fingerprint density at radius 1 is 1.03 bits per heavy atom. The molecule has 0 saturated heterocycles. The van der Waals surface area contributed by atoms with E-state index in [9.17, 15) is 9.59 Å². The van der Waals surface area contributed by atoms with E-state index < -0.39 is 11.8 Å². The SMILES string of the molecule is Cc1nnc(-c2ccc(NC(=O)C(=O)NCCc3c[nH]c4ccccc34)cc2)o1. The van der Waals surface area contributed by atoms with Gasteiger partial charge in [-0.15, -0.1) is 10.2 Å². The molecule has 8 heteroatoms. The number of aromatic amines is 1. The van der Waals surface area contributed by atoms with E-state index in [1.807, 2.05) is 30.5 Å². The number of anilines is 1. The fraction of sp³-hybridized carbons (Fsp3) is 0.143. The summed E-state index contributed by atoms with van der Waals surface area (Å²) in [6, 6.07) is 14.8. The van der Waals surface area contributed by atoms with Gasteiger partial charge in [0.1, 0.15) is 0 Å². The van der Waals surface area contributed by atoms with Crippen molar-refractivity contribution in [2.45, 2.75) is 13.3 Å². The molecule has 3 N–H and O–H groups in total. The van der Waals surface area contributed by atoms with Gasteiger partial charge < -0.3 is 20.0 Å². The van der Waals surface area contributed by atoms with Crippen LogP contribution in [-0.4, -0.2) is 33.5 Å². The highest BCUT2D eigenvalue weighted by atomic mass is 16.4. The molecular weight excluding hydrogens is 370 g/mol. The monoisotopic (exact) mass is 389 g/mol. The second kappa shape index (κ2) is 7.97. The smallest absolute Gasteiger partial charge is 0.313 e. The quantitative estimate of drug-likeness (QED) is 0.454. The highest BCUT2D eigenvalue weighted by Gasteiger charge is 2.14. The van der Waals surface area contributed by atoms with E-state index in [4.69, 9.17) is 4.42 Å². The summed E-state index contributed by atoms with van der Waals surface area (Å²) in [6.45, 7) is 2.08. The fourth-order valence-electron chi connectivity index (χ4n) is 3.03. The molecule has 4 rings (SSSR count). The van der Waals surface area contributed by atoms with E-state index in [-0.39, 0.29) is 0 Å². The molecule has 2 aromatic carbocycles. The van der Waals surface area contributed by atoms with Crippen LogP contribution in [0.15, 0.2) is 59.1 Å². The molecule has 4 aromatic rings. The first-order valence-corrected chi connectivity index (χ1v) is 9.15. The molecule has 2 aromatic heterocycles. The van der Waals surface area contributed by atoms with Crippen molar-refractivity contribution in [1.82, 2.24) is 20.5 Å². The van der Waals surface area contributed by atoms with Crippen LogP contribution in [0.1, 0.15) is 11.5 Å². The summed E-state index contributed by atoms with van der Waals surface area (Å²) in [6.07, 6.45) is 2.55. The lowest BCUT2D eigenvalue weighted by atomic mass is 10.1. The number of rotatable bonds is 5. The van der Waals surface area contributed by atoms with Gasteiger partial charge in [-0.2, -0.15) is 0 Å². The molecule has 0 aliphatic heterocycles. The summed E-state index contributed by atoms with van der Waals surface area (Å²) in [5.74, 6) is -0.524. The molecule has 0 aliphatic rings. The van der Waals surface area contributed by atoms with Crippen LogP contribution in [0.5, 0.6) is 0 Å². The summed E-state index contributed by atoms with van der Waals surface area (Å²) in [5.41, 5.74) is 3.37. The molecule has 0 fully saturated rings. The molecule has 0 radical (unpaired) electrons. The number of nitrogens with one attached hydrogen (secondary N) is 3. The number of nitrogens with zero attached hydrogens (tertiary/aromatic N) is 2. The van der Waals surface area contributed by atoms with Crippen molar-refractivity contribution in [2.24, 2.45) is 0 Å². The number of carbonyl (C=O) groups is 2. The van der Waals surface area contributed by atoms with E-state index in [0.717, 1.165) is 22.0 Å². The highest BCUT2D eigenvalue weighted by Crippen LogP contribution is 2.20. The lowest BCUT2D eigenvalue weighted by molar-refractivity contribution is -0.136. The normalized spacial score (nSPS) is 10.8. The topological polar surface area (TPSA) is 113 Å². The van der Waals surface area contributed by atoms with Crippen LogP contribution in [0.3, 0.4) is 0 Å². The molecule has 8 nitrogen and oxygen atoms in total. The Morgan fingerprint density at radius 3 is 2.59 bits per heavy atom. The van der Waals surface area contributed by atoms with Gasteiger partial charge in [-0.25, -0.2) is 0 Å².